The van der Waals surface area contributed by atoms with Crippen LogP contribution in [-0.2, 0) is 11.3 Å². The number of rotatable bonds is 4. The van der Waals surface area contributed by atoms with E-state index in [9.17, 15) is 9.59 Å². The van der Waals surface area contributed by atoms with Crippen LogP contribution < -0.4 is 10.2 Å². The van der Waals surface area contributed by atoms with Crippen LogP contribution in [0.25, 0.3) is 10.9 Å². The summed E-state index contributed by atoms with van der Waals surface area (Å²) in [6.45, 7) is 1.10. The molecule has 142 valence electrons. The smallest absolute Gasteiger partial charge is 0.253 e. The zero-order valence-electron chi connectivity index (χ0n) is 15.3. The van der Waals surface area contributed by atoms with Crippen molar-refractivity contribution in [2.45, 2.75) is 25.8 Å². The number of piperidine rings is 1. The summed E-state index contributed by atoms with van der Waals surface area (Å²) in [4.78, 5) is 31.0. The van der Waals surface area contributed by atoms with Gasteiger partial charge in [0.1, 0.15) is 0 Å². The van der Waals surface area contributed by atoms with Crippen LogP contribution in [0.1, 0.15) is 35.2 Å². The van der Waals surface area contributed by atoms with Gasteiger partial charge in [0.2, 0.25) is 5.91 Å². The monoisotopic (exact) mass is 393 g/mol. The van der Waals surface area contributed by atoms with Crippen molar-refractivity contribution in [3.05, 3.63) is 70.9 Å². The molecular formula is C22H20ClN3O2. The molecule has 4 rings (SSSR count). The summed E-state index contributed by atoms with van der Waals surface area (Å²) in [5.41, 5.74) is 2.89. The fourth-order valence-corrected chi connectivity index (χ4v) is 3.75. The van der Waals surface area contributed by atoms with Crippen molar-refractivity contribution < 1.29 is 9.59 Å². The van der Waals surface area contributed by atoms with Crippen molar-refractivity contribution in [1.29, 1.82) is 0 Å². The van der Waals surface area contributed by atoms with Gasteiger partial charge in [0, 0.05) is 41.8 Å². The first-order valence-electron chi connectivity index (χ1n) is 9.33. The van der Waals surface area contributed by atoms with E-state index in [1.54, 1.807) is 18.3 Å². The Hall–Kier alpha value is -2.92. The van der Waals surface area contributed by atoms with E-state index in [4.69, 9.17) is 11.6 Å². The lowest BCUT2D eigenvalue weighted by molar-refractivity contribution is -0.119. The van der Waals surface area contributed by atoms with Gasteiger partial charge < -0.3 is 10.2 Å². The van der Waals surface area contributed by atoms with Crippen molar-refractivity contribution in [3.63, 3.8) is 0 Å². The number of benzene rings is 2. The number of nitrogens with zero attached hydrogens (tertiary/aromatic N) is 2. The second-order valence-electron chi connectivity index (χ2n) is 6.88. The molecule has 0 aliphatic carbocycles. The highest BCUT2D eigenvalue weighted by atomic mass is 35.5. The van der Waals surface area contributed by atoms with Gasteiger partial charge >= 0.3 is 0 Å². The van der Waals surface area contributed by atoms with Gasteiger partial charge in [-0.1, -0.05) is 29.8 Å². The normalized spacial score (nSPS) is 14.3. The van der Waals surface area contributed by atoms with Crippen LogP contribution in [-0.4, -0.2) is 23.3 Å². The number of aromatic nitrogens is 1. The minimum absolute atomic E-state index is 0.156. The fraction of sp³-hybridized carbons (Fsp3) is 0.227. The third kappa shape index (κ3) is 3.85. The summed E-state index contributed by atoms with van der Waals surface area (Å²) < 4.78 is 0. The van der Waals surface area contributed by atoms with Gasteiger partial charge in [0.25, 0.3) is 5.91 Å². The van der Waals surface area contributed by atoms with Crippen molar-refractivity contribution >= 4 is 40.0 Å². The molecule has 6 heteroatoms. The molecular weight excluding hydrogens is 374 g/mol. The van der Waals surface area contributed by atoms with Crippen molar-refractivity contribution in [1.82, 2.24) is 10.3 Å². The Morgan fingerprint density at radius 2 is 2.04 bits per heavy atom. The summed E-state index contributed by atoms with van der Waals surface area (Å²) in [7, 11) is 0. The van der Waals surface area contributed by atoms with Crippen LogP contribution in [0.15, 0.2) is 54.7 Å². The van der Waals surface area contributed by atoms with Gasteiger partial charge in [-0.05, 0) is 48.7 Å². The molecule has 0 radical (unpaired) electrons. The summed E-state index contributed by atoms with van der Waals surface area (Å²) in [5.74, 6) is -0.0745. The number of pyridine rings is 1. The lowest BCUT2D eigenvalue weighted by Gasteiger charge is -2.27. The molecule has 0 unspecified atom stereocenters. The van der Waals surface area contributed by atoms with Gasteiger partial charge in [-0.25, -0.2) is 0 Å². The third-order valence-corrected chi connectivity index (χ3v) is 5.13. The lowest BCUT2D eigenvalue weighted by Crippen LogP contribution is -2.35. The average Bonchev–Trinajstić information content (AvgIpc) is 2.72. The van der Waals surface area contributed by atoms with Crippen LogP contribution in [0.5, 0.6) is 0 Å². The number of anilines is 1. The van der Waals surface area contributed by atoms with E-state index in [0.717, 1.165) is 36.0 Å². The Balaban J connectivity index is 1.51. The van der Waals surface area contributed by atoms with E-state index in [-0.39, 0.29) is 11.8 Å². The van der Waals surface area contributed by atoms with Gasteiger partial charge in [0.05, 0.1) is 11.1 Å². The molecule has 0 saturated carbocycles. The third-order valence-electron chi connectivity index (χ3n) is 4.91. The van der Waals surface area contributed by atoms with Crippen molar-refractivity contribution in [2.24, 2.45) is 0 Å². The Labute approximate surface area is 168 Å². The fourth-order valence-electron chi connectivity index (χ4n) is 3.52. The number of hydrogen-bond donors (Lipinski definition) is 1. The zero-order valence-corrected chi connectivity index (χ0v) is 16.1. The molecule has 28 heavy (non-hydrogen) atoms. The maximum absolute atomic E-state index is 12.7. The van der Waals surface area contributed by atoms with E-state index < -0.39 is 0 Å². The SMILES string of the molecule is O=C(NCc1cccc(N2CCCCC2=O)c1)c1cc(Cl)cc2cccnc12. The molecule has 2 amide bonds. The van der Waals surface area contributed by atoms with Crippen LogP contribution in [0, 0.1) is 0 Å². The molecule has 1 aliphatic rings. The topological polar surface area (TPSA) is 62.3 Å². The molecule has 1 aromatic heterocycles. The quantitative estimate of drug-likeness (QED) is 0.717. The number of fused-ring (bicyclic) bond motifs is 1. The summed E-state index contributed by atoms with van der Waals surface area (Å²) in [6.07, 6.45) is 4.22. The van der Waals surface area contributed by atoms with Gasteiger partial charge in [-0.3, -0.25) is 14.6 Å². The molecule has 1 fully saturated rings. The van der Waals surface area contributed by atoms with Crippen LogP contribution >= 0.6 is 11.6 Å². The van der Waals surface area contributed by atoms with Crippen molar-refractivity contribution in [2.75, 3.05) is 11.4 Å². The molecule has 2 aromatic carbocycles. The van der Waals surface area contributed by atoms with Crippen LogP contribution in [0.3, 0.4) is 0 Å². The second kappa shape index (κ2) is 7.98. The highest BCUT2D eigenvalue weighted by molar-refractivity contribution is 6.32. The number of carbonyl (C=O) groups excluding carboxylic acids is 2. The van der Waals surface area contributed by atoms with Crippen molar-refractivity contribution in [3.8, 4) is 0 Å². The minimum atomic E-state index is -0.231. The highest BCUT2D eigenvalue weighted by Crippen LogP contribution is 2.23. The molecule has 1 N–H and O–H groups in total. The van der Waals surface area contributed by atoms with Gasteiger partial charge in [-0.2, -0.15) is 0 Å². The molecule has 1 saturated heterocycles. The Morgan fingerprint density at radius 3 is 2.89 bits per heavy atom. The number of hydrogen-bond acceptors (Lipinski definition) is 3. The lowest BCUT2D eigenvalue weighted by atomic mass is 10.1. The summed E-state index contributed by atoms with van der Waals surface area (Å²) in [5, 5.41) is 4.26. The number of halogens is 1. The number of carbonyl (C=O) groups is 2. The largest absolute Gasteiger partial charge is 0.348 e. The molecule has 2 heterocycles. The Kier molecular flexibility index (Phi) is 5.26. The minimum Gasteiger partial charge on any atom is -0.348 e. The second-order valence-corrected chi connectivity index (χ2v) is 7.32. The molecule has 0 bridgehead atoms. The van der Waals surface area contributed by atoms with Gasteiger partial charge in [0.15, 0.2) is 0 Å². The molecule has 0 atom stereocenters. The summed E-state index contributed by atoms with van der Waals surface area (Å²) in [6, 6.07) is 14.9. The maximum Gasteiger partial charge on any atom is 0.253 e. The van der Waals surface area contributed by atoms with Crippen LogP contribution in [0.2, 0.25) is 5.02 Å². The molecule has 3 aromatic rings. The zero-order chi connectivity index (χ0) is 19.5. The predicted octanol–water partition coefficient (Wildman–Crippen LogP) is 4.34. The van der Waals surface area contributed by atoms with E-state index in [2.05, 4.69) is 10.3 Å². The number of amides is 2. The predicted molar refractivity (Wildman–Crippen MR) is 111 cm³/mol. The number of nitrogens with one attached hydrogen (secondary N) is 1. The Morgan fingerprint density at radius 1 is 1.14 bits per heavy atom. The average molecular weight is 394 g/mol. The highest BCUT2D eigenvalue weighted by Gasteiger charge is 2.19. The standard InChI is InChI=1S/C22H20ClN3O2/c23-17-12-16-6-4-9-24-21(16)19(13-17)22(28)25-14-15-5-3-7-18(11-15)26-10-2-1-8-20(26)27/h3-7,9,11-13H,1-2,8,10,14H2,(H,25,28). The first-order valence-corrected chi connectivity index (χ1v) is 9.71. The van der Waals surface area contributed by atoms with E-state index >= 15 is 0 Å². The van der Waals surface area contributed by atoms with E-state index in [1.807, 2.05) is 41.3 Å². The first kappa shape index (κ1) is 18.4. The maximum atomic E-state index is 12.7. The molecule has 1 aliphatic heterocycles. The van der Waals surface area contributed by atoms with Gasteiger partial charge in [-0.15, -0.1) is 0 Å². The van der Waals surface area contributed by atoms with E-state index in [0.29, 0.717) is 29.1 Å². The first-order chi connectivity index (χ1) is 13.6. The molecule has 5 nitrogen and oxygen atoms in total. The molecule has 0 spiro atoms. The summed E-state index contributed by atoms with van der Waals surface area (Å²) >= 11 is 6.16. The Bertz CT molecular complexity index is 1050. The van der Waals surface area contributed by atoms with Crippen LogP contribution in [0.4, 0.5) is 5.69 Å². The van der Waals surface area contributed by atoms with E-state index in [1.165, 1.54) is 0 Å².